The third kappa shape index (κ3) is 4.93. The molecule has 14 nitrogen and oxygen atoms in total. The van der Waals surface area contributed by atoms with Crippen molar-refractivity contribution in [1.82, 2.24) is 14.5 Å². The number of hydrogen-bond acceptors (Lipinski definition) is 8. The third-order valence-corrected chi connectivity index (χ3v) is 10.3. The highest BCUT2D eigenvalue weighted by atomic mass is 31.2. The van der Waals surface area contributed by atoms with Gasteiger partial charge in [0.15, 0.2) is 0 Å². The molecule has 0 spiro atoms. The molecule has 0 aromatic carbocycles. The lowest BCUT2D eigenvalue weighted by Crippen LogP contribution is -2.48. The molecule has 0 bridgehead atoms. The normalized spacial score (nSPS) is 18.3. The van der Waals surface area contributed by atoms with Crippen molar-refractivity contribution in [3.63, 3.8) is 0 Å². The zero-order chi connectivity index (χ0) is 25.8. The molecule has 1 saturated heterocycles. The Bertz CT molecular complexity index is 1280. The number of pyridine rings is 2. The van der Waals surface area contributed by atoms with Crippen molar-refractivity contribution < 1.29 is 43.7 Å². The number of hydrogen-bond donors (Lipinski definition) is 6. The second-order valence-electron chi connectivity index (χ2n) is 8.82. The van der Waals surface area contributed by atoms with E-state index < -0.39 is 38.1 Å². The van der Waals surface area contributed by atoms with Crippen LogP contribution in [-0.4, -0.2) is 88.0 Å². The van der Waals surface area contributed by atoms with E-state index in [9.17, 15) is 48.5 Å². The van der Waals surface area contributed by atoms with E-state index in [0.717, 1.165) is 12.8 Å². The number of piperazine rings is 1. The monoisotopic (exact) mass is 532 g/mol. The summed E-state index contributed by atoms with van der Waals surface area (Å²) in [5.74, 6) is -0.730. The molecule has 4 rings (SSSR count). The van der Waals surface area contributed by atoms with Crippen molar-refractivity contribution in [2.45, 2.75) is 30.4 Å². The van der Waals surface area contributed by atoms with Gasteiger partial charge in [-0.3, -0.25) is 18.8 Å². The first-order valence-corrected chi connectivity index (χ1v) is 14.0. The lowest BCUT2D eigenvalue weighted by Gasteiger charge is -2.37. The van der Waals surface area contributed by atoms with Crippen LogP contribution in [0.15, 0.2) is 23.3 Å². The fourth-order valence-corrected chi connectivity index (χ4v) is 6.32. The minimum atomic E-state index is -5.50. The second-order valence-corrected chi connectivity index (χ2v) is 12.8. The van der Waals surface area contributed by atoms with E-state index >= 15 is 0 Å². The number of carbonyl (C=O) groups is 1. The molecule has 0 radical (unpaired) electrons. The highest BCUT2D eigenvalue weighted by molar-refractivity contribution is 7.72. The Kier molecular flexibility index (Phi) is 6.71. The molecular weight excluding hydrogens is 506 g/mol. The molecule has 16 heteroatoms. The van der Waals surface area contributed by atoms with Crippen LogP contribution in [0.5, 0.6) is 0 Å². The lowest BCUT2D eigenvalue weighted by atomic mass is 10.1. The Morgan fingerprint density at radius 2 is 1.69 bits per heavy atom. The smallest absolute Gasteiger partial charge is 0.369 e. The predicted octanol–water partition coefficient (Wildman–Crippen LogP) is -0.0568. The van der Waals surface area contributed by atoms with E-state index in [2.05, 4.69) is 4.98 Å². The van der Waals surface area contributed by atoms with E-state index in [-0.39, 0.29) is 23.5 Å². The number of nitrogens with zero attached hydrogens (tertiary/aromatic N) is 4. The maximum atomic E-state index is 12.6. The van der Waals surface area contributed by atoms with Crippen molar-refractivity contribution >= 4 is 37.9 Å². The van der Waals surface area contributed by atoms with Gasteiger partial charge >= 0.3 is 21.2 Å². The quantitative estimate of drug-likeness (QED) is 0.246. The molecule has 6 N–H and O–H groups in total. The van der Waals surface area contributed by atoms with Gasteiger partial charge in [0.25, 0.3) is 5.08 Å². The Labute approximate surface area is 198 Å². The highest BCUT2D eigenvalue weighted by Gasteiger charge is 2.59. The number of carboxylic acid groups (broad SMARTS) is 1. The van der Waals surface area contributed by atoms with Crippen LogP contribution < -0.4 is 10.3 Å². The predicted molar refractivity (Wildman–Crippen MR) is 124 cm³/mol. The summed E-state index contributed by atoms with van der Waals surface area (Å²) in [6.07, 6.45) is 3.68. The lowest BCUT2D eigenvalue weighted by molar-refractivity contribution is 0.0694. The summed E-state index contributed by atoms with van der Waals surface area (Å²) in [6, 6.07) is 1.85. The molecule has 35 heavy (non-hydrogen) atoms. The largest absolute Gasteiger partial charge is 0.477 e. The molecule has 0 unspecified atom stereocenters. The summed E-state index contributed by atoms with van der Waals surface area (Å²) in [7, 11) is -11.0. The average Bonchev–Trinajstić information content (AvgIpc) is 3.61. The van der Waals surface area contributed by atoms with Crippen LogP contribution in [0.1, 0.15) is 35.7 Å². The van der Waals surface area contributed by atoms with Gasteiger partial charge in [-0.05, 0) is 12.8 Å². The number of rotatable bonds is 8. The number of aliphatic hydroxyl groups is 1. The van der Waals surface area contributed by atoms with Gasteiger partial charge < -0.3 is 39.3 Å². The molecule has 2 fully saturated rings. The summed E-state index contributed by atoms with van der Waals surface area (Å²) in [5.41, 5.74) is -0.322. The summed E-state index contributed by atoms with van der Waals surface area (Å²) in [6.45, 7) is 1.43. The molecule has 1 aliphatic heterocycles. The van der Waals surface area contributed by atoms with Crippen molar-refractivity contribution in [2.24, 2.45) is 0 Å². The van der Waals surface area contributed by atoms with E-state index in [4.69, 9.17) is 0 Å². The fourth-order valence-electron chi connectivity index (χ4n) is 4.18. The van der Waals surface area contributed by atoms with E-state index in [0.29, 0.717) is 37.5 Å². The second kappa shape index (κ2) is 9.06. The summed E-state index contributed by atoms with van der Waals surface area (Å²) in [5, 5.41) is 16.2. The fraction of sp³-hybridized carbons (Fsp3) is 0.526. The number of anilines is 1. The van der Waals surface area contributed by atoms with E-state index in [1.165, 1.54) is 12.4 Å². The topological polar surface area (TPSA) is 214 Å². The van der Waals surface area contributed by atoms with Crippen LogP contribution in [0.4, 0.5) is 5.82 Å². The van der Waals surface area contributed by atoms with Crippen molar-refractivity contribution in [2.75, 3.05) is 37.6 Å². The molecule has 1 saturated carbocycles. The number of fused-ring (bicyclic) bond motifs is 1. The molecular formula is C19H26N4O10P2. The number of aromatic nitrogens is 2. The van der Waals surface area contributed by atoms with Gasteiger partial charge in [0.1, 0.15) is 11.4 Å². The van der Waals surface area contributed by atoms with Gasteiger partial charge in [0.2, 0.25) is 5.43 Å². The zero-order valence-electron chi connectivity index (χ0n) is 18.5. The van der Waals surface area contributed by atoms with Crippen molar-refractivity contribution in [1.29, 1.82) is 0 Å². The van der Waals surface area contributed by atoms with Gasteiger partial charge in [-0.15, -0.1) is 0 Å². The van der Waals surface area contributed by atoms with Crippen LogP contribution in [0, 0.1) is 0 Å². The molecule has 1 aliphatic carbocycles. The van der Waals surface area contributed by atoms with Crippen molar-refractivity contribution in [3.05, 3.63) is 34.2 Å². The van der Waals surface area contributed by atoms with E-state index in [1.54, 1.807) is 15.5 Å². The zero-order valence-corrected chi connectivity index (χ0v) is 20.3. The number of aromatic carboxylic acids is 1. The molecule has 2 aliphatic rings. The standard InChI is InChI=1S/C19H26N4O10P2/c24-17-13-10-20-16(9-15(13)23(12-1-2-12)11-14(17)18(25)26)22-7-5-21(6-8-22)4-3-19(27,34(28,29)30)35(31,32)33/h9-12,27H,1-8H2,(H,25,26)(H2,28,29,30)(H2,31,32,33). The average molecular weight is 532 g/mol. The van der Waals surface area contributed by atoms with Crippen LogP contribution >= 0.6 is 15.2 Å². The van der Waals surface area contributed by atoms with E-state index in [1.807, 2.05) is 4.90 Å². The molecule has 2 aromatic heterocycles. The first kappa shape index (κ1) is 25.9. The summed E-state index contributed by atoms with van der Waals surface area (Å²) < 4.78 is 24.9. The first-order chi connectivity index (χ1) is 16.2. The summed E-state index contributed by atoms with van der Waals surface area (Å²) >= 11 is 0. The molecule has 0 amide bonds. The maximum absolute atomic E-state index is 12.6. The van der Waals surface area contributed by atoms with Crippen LogP contribution in [-0.2, 0) is 9.13 Å². The molecule has 2 aromatic rings. The Morgan fingerprint density at radius 1 is 1.09 bits per heavy atom. The van der Waals surface area contributed by atoms with Crippen LogP contribution in [0.25, 0.3) is 10.9 Å². The molecule has 0 atom stereocenters. The number of carboxylic acids is 1. The van der Waals surface area contributed by atoms with Gasteiger partial charge in [-0.1, -0.05) is 0 Å². The Morgan fingerprint density at radius 3 is 2.20 bits per heavy atom. The maximum Gasteiger partial charge on any atom is 0.369 e. The third-order valence-electron chi connectivity index (χ3n) is 6.47. The van der Waals surface area contributed by atoms with Gasteiger partial charge in [0, 0.05) is 63.6 Å². The Balaban J connectivity index is 1.50. The SMILES string of the molecule is O=C(O)c1cn(C2CC2)c2cc(N3CCN(CCC(O)(P(=O)(O)O)P(=O)(O)O)CC3)ncc2c1=O. The summed E-state index contributed by atoms with van der Waals surface area (Å²) in [4.78, 5) is 69.2. The van der Waals surface area contributed by atoms with Crippen LogP contribution in [0.3, 0.4) is 0 Å². The molecule has 192 valence electrons. The highest BCUT2D eigenvalue weighted by Crippen LogP contribution is 2.68. The van der Waals surface area contributed by atoms with Gasteiger partial charge in [-0.2, -0.15) is 0 Å². The van der Waals surface area contributed by atoms with Crippen LogP contribution in [0.2, 0.25) is 0 Å². The molecule has 3 heterocycles. The minimum Gasteiger partial charge on any atom is -0.477 e. The minimum absolute atomic E-state index is 0.116. The van der Waals surface area contributed by atoms with Gasteiger partial charge in [-0.25, -0.2) is 9.78 Å². The van der Waals surface area contributed by atoms with Gasteiger partial charge in [0.05, 0.1) is 10.9 Å². The Hall–Kier alpha value is -2.15. The van der Waals surface area contributed by atoms with Crippen molar-refractivity contribution in [3.8, 4) is 0 Å². The first-order valence-electron chi connectivity index (χ1n) is 10.8.